The van der Waals surface area contributed by atoms with Gasteiger partial charge in [0.2, 0.25) is 0 Å². The van der Waals surface area contributed by atoms with E-state index in [0.717, 1.165) is 0 Å². The number of para-hydroxylation sites is 2. The largest absolute Gasteiger partial charge is 0.314 e. The molecule has 0 unspecified atom stereocenters. The number of fused-ring (bicyclic) bond motifs is 5. The van der Waals surface area contributed by atoms with Crippen molar-refractivity contribution in [3.8, 4) is 28.1 Å². The van der Waals surface area contributed by atoms with E-state index in [1.54, 1.807) is 0 Å². The Balaban J connectivity index is 1.65. The molecule has 0 aliphatic rings. The summed E-state index contributed by atoms with van der Waals surface area (Å²) in [5.41, 5.74) is 9.73. The highest BCUT2D eigenvalue weighted by Gasteiger charge is 2.22. The fourth-order valence-corrected chi connectivity index (χ4v) is 5.28. The van der Waals surface area contributed by atoms with Crippen molar-refractivity contribution in [2.75, 3.05) is 0 Å². The number of hydrogen-bond acceptors (Lipinski definition) is 0. The van der Waals surface area contributed by atoms with E-state index in [-0.39, 0.29) is 0 Å². The molecule has 0 radical (unpaired) electrons. The Hall–Kier alpha value is -4.56. The summed E-state index contributed by atoms with van der Waals surface area (Å²) < 4.78 is 4.77. The first-order valence-corrected chi connectivity index (χ1v) is 11.6. The second-order valence-corrected chi connectivity index (χ2v) is 8.66. The van der Waals surface area contributed by atoms with Gasteiger partial charge >= 0.3 is 0 Å². The van der Waals surface area contributed by atoms with Crippen LogP contribution in [-0.2, 0) is 0 Å². The summed E-state index contributed by atoms with van der Waals surface area (Å²) in [6, 6.07) is 45.4. The monoisotopic (exact) mass is 434 g/mol. The van der Waals surface area contributed by atoms with Gasteiger partial charge in [-0.2, -0.15) is 0 Å². The van der Waals surface area contributed by atoms with Crippen LogP contribution in [0.2, 0.25) is 0 Å². The van der Waals surface area contributed by atoms with Gasteiger partial charge < -0.3 is 8.97 Å². The molecule has 3 heterocycles. The molecule has 0 amide bonds. The molecule has 0 N–H and O–H groups in total. The number of hydrogen-bond donors (Lipinski definition) is 0. The fourth-order valence-electron chi connectivity index (χ4n) is 5.28. The van der Waals surface area contributed by atoms with Crippen molar-refractivity contribution in [2.24, 2.45) is 0 Å². The zero-order chi connectivity index (χ0) is 22.5. The first-order chi connectivity index (χ1) is 16.9. The predicted octanol–water partition coefficient (Wildman–Crippen LogP) is 8.37. The fraction of sp³-hybridized carbons (Fsp3) is 0. The average Bonchev–Trinajstić information content (AvgIpc) is 3.42. The van der Waals surface area contributed by atoms with Gasteiger partial charge in [0.1, 0.15) is 0 Å². The molecule has 7 aromatic rings. The van der Waals surface area contributed by atoms with Crippen LogP contribution < -0.4 is 0 Å². The molecule has 34 heavy (non-hydrogen) atoms. The molecule has 0 spiro atoms. The summed E-state index contributed by atoms with van der Waals surface area (Å²) in [6.45, 7) is 0. The number of pyridine rings is 1. The summed E-state index contributed by atoms with van der Waals surface area (Å²) >= 11 is 0. The zero-order valence-electron chi connectivity index (χ0n) is 18.6. The minimum absolute atomic E-state index is 1.17. The molecule has 3 aromatic heterocycles. The SMILES string of the molecule is c1ccc(-c2cccc(-c3c4c(c5ccccc5n4-c4ccccc4)c4ccccn34)c2)cc1. The molecule has 160 valence electrons. The van der Waals surface area contributed by atoms with E-state index in [1.165, 1.54) is 55.4 Å². The second kappa shape index (κ2) is 7.50. The third kappa shape index (κ3) is 2.76. The lowest BCUT2D eigenvalue weighted by molar-refractivity contribution is 1.15. The molecule has 2 heteroatoms. The van der Waals surface area contributed by atoms with E-state index in [2.05, 4.69) is 143 Å². The lowest BCUT2D eigenvalue weighted by Gasteiger charge is -2.12. The Kier molecular flexibility index (Phi) is 4.18. The standard InChI is InChI=1S/C32H22N2/c1-3-12-23(13-4-1)24-14-11-15-25(22-24)31-32-30(29-20-9-10-21-33(29)31)27-18-7-8-19-28(27)34(32)26-16-5-2-6-17-26/h1-22H. The van der Waals surface area contributed by atoms with E-state index < -0.39 is 0 Å². The van der Waals surface area contributed by atoms with Crippen molar-refractivity contribution in [1.82, 2.24) is 8.97 Å². The molecule has 0 aliphatic carbocycles. The second-order valence-electron chi connectivity index (χ2n) is 8.66. The summed E-state index contributed by atoms with van der Waals surface area (Å²) in [5, 5.41) is 2.57. The maximum absolute atomic E-state index is 2.42. The van der Waals surface area contributed by atoms with E-state index in [1.807, 2.05) is 0 Å². The Bertz CT molecular complexity index is 1790. The summed E-state index contributed by atoms with van der Waals surface area (Å²) in [6.07, 6.45) is 2.18. The lowest BCUT2D eigenvalue weighted by Crippen LogP contribution is -1.96. The molecule has 0 bridgehead atoms. The van der Waals surface area contributed by atoms with Crippen molar-refractivity contribution in [2.45, 2.75) is 0 Å². The van der Waals surface area contributed by atoms with Crippen molar-refractivity contribution >= 4 is 27.3 Å². The van der Waals surface area contributed by atoms with E-state index in [0.29, 0.717) is 0 Å². The maximum Gasteiger partial charge on any atom is 0.0809 e. The zero-order valence-corrected chi connectivity index (χ0v) is 18.6. The molecule has 0 saturated heterocycles. The summed E-state index contributed by atoms with van der Waals surface area (Å²) in [7, 11) is 0. The van der Waals surface area contributed by atoms with Gasteiger partial charge in [0, 0.05) is 28.2 Å². The van der Waals surface area contributed by atoms with Crippen molar-refractivity contribution in [1.29, 1.82) is 0 Å². The van der Waals surface area contributed by atoms with Crippen LogP contribution in [0.15, 0.2) is 134 Å². The van der Waals surface area contributed by atoms with Crippen molar-refractivity contribution in [3.05, 3.63) is 134 Å². The van der Waals surface area contributed by atoms with Crippen LogP contribution in [0.1, 0.15) is 0 Å². The van der Waals surface area contributed by atoms with Crippen LogP contribution in [0, 0.1) is 0 Å². The van der Waals surface area contributed by atoms with Gasteiger partial charge in [-0.05, 0) is 47.5 Å². The minimum Gasteiger partial charge on any atom is -0.314 e. The van der Waals surface area contributed by atoms with Gasteiger partial charge in [0.25, 0.3) is 0 Å². The number of rotatable bonds is 3. The normalized spacial score (nSPS) is 11.5. The van der Waals surface area contributed by atoms with E-state index >= 15 is 0 Å². The molecule has 4 aromatic carbocycles. The molecule has 0 aliphatic heterocycles. The predicted molar refractivity (Wildman–Crippen MR) is 143 cm³/mol. The lowest BCUT2D eigenvalue weighted by atomic mass is 10.0. The van der Waals surface area contributed by atoms with Crippen LogP contribution in [0.4, 0.5) is 0 Å². The Morgan fingerprint density at radius 1 is 0.471 bits per heavy atom. The molecule has 0 atom stereocenters. The number of nitrogens with zero attached hydrogens (tertiary/aromatic N) is 2. The highest BCUT2D eigenvalue weighted by Crippen LogP contribution is 2.42. The van der Waals surface area contributed by atoms with Crippen LogP contribution in [0.5, 0.6) is 0 Å². The highest BCUT2D eigenvalue weighted by atomic mass is 15.0. The third-order valence-electron chi connectivity index (χ3n) is 6.71. The molecule has 2 nitrogen and oxygen atoms in total. The highest BCUT2D eigenvalue weighted by molar-refractivity contribution is 6.21. The van der Waals surface area contributed by atoms with Gasteiger partial charge in [-0.25, -0.2) is 0 Å². The van der Waals surface area contributed by atoms with E-state index in [4.69, 9.17) is 0 Å². The van der Waals surface area contributed by atoms with Crippen molar-refractivity contribution in [3.63, 3.8) is 0 Å². The topological polar surface area (TPSA) is 9.34 Å². The van der Waals surface area contributed by atoms with Gasteiger partial charge in [0.05, 0.1) is 22.2 Å². The first kappa shape index (κ1) is 19.0. The van der Waals surface area contributed by atoms with Crippen LogP contribution in [0.25, 0.3) is 55.4 Å². The third-order valence-corrected chi connectivity index (χ3v) is 6.71. The Labute approximate surface area is 198 Å². The van der Waals surface area contributed by atoms with Crippen molar-refractivity contribution < 1.29 is 0 Å². The molecule has 0 saturated carbocycles. The molecular formula is C32H22N2. The maximum atomic E-state index is 2.42. The smallest absolute Gasteiger partial charge is 0.0809 e. The minimum atomic E-state index is 1.17. The van der Waals surface area contributed by atoms with E-state index in [9.17, 15) is 0 Å². The van der Waals surface area contributed by atoms with Gasteiger partial charge in [0.15, 0.2) is 0 Å². The summed E-state index contributed by atoms with van der Waals surface area (Å²) in [4.78, 5) is 0. The van der Waals surface area contributed by atoms with Gasteiger partial charge in [-0.3, -0.25) is 0 Å². The average molecular weight is 435 g/mol. The van der Waals surface area contributed by atoms with Crippen LogP contribution >= 0.6 is 0 Å². The van der Waals surface area contributed by atoms with Crippen LogP contribution in [0.3, 0.4) is 0 Å². The molecule has 7 rings (SSSR count). The Morgan fingerprint density at radius 2 is 1.12 bits per heavy atom. The van der Waals surface area contributed by atoms with Gasteiger partial charge in [-0.15, -0.1) is 0 Å². The number of aromatic nitrogens is 2. The molecule has 0 fully saturated rings. The number of benzene rings is 4. The van der Waals surface area contributed by atoms with Crippen LogP contribution in [-0.4, -0.2) is 8.97 Å². The molecular weight excluding hydrogens is 412 g/mol. The van der Waals surface area contributed by atoms with Gasteiger partial charge in [-0.1, -0.05) is 91.0 Å². The quantitative estimate of drug-likeness (QED) is 0.264. The summed E-state index contributed by atoms with van der Waals surface area (Å²) in [5.74, 6) is 0. The Morgan fingerprint density at radius 3 is 1.97 bits per heavy atom. The first-order valence-electron chi connectivity index (χ1n) is 11.6.